The molecule has 1 aliphatic carbocycles. The summed E-state index contributed by atoms with van der Waals surface area (Å²) in [7, 11) is 0. The summed E-state index contributed by atoms with van der Waals surface area (Å²) in [5.74, 6) is 0.127. The molecular formula is C8H14N2. The molecule has 0 aromatic heterocycles. The van der Waals surface area contributed by atoms with E-state index in [9.17, 15) is 0 Å². The normalized spacial score (nSPS) is 34.4. The van der Waals surface area contributed by atoms with Crippen molar-refractivity contribution >= 4 is 0 Å². The fraction of sp³-hybridized carbons (Fsp3) is 0.875. The summed E-state index contributed by atoms with van der Waals surface area (Å²) in [5.41, 5.74) is 5.77. The van der Waals surface area contributed by atoms with Crippen molar-refractivity contribution in [2.75, 3.05) is 0 Å². The van der Waals surface area contributed by atoms with Crippen molar-refractivity contribution in [3.05, 3.63) is 0 Å². The first-order valence-electron chi connectivity index (χ1n) is 4.00. The highest BCUT2D eigenvalue weighted by atomic mass is 14.6. The number of hydrogen-bond acceptors (Lipinski definition) is 2. The zero-order chi connectivity index (χ0) is 7.40. The molecule has 1 rings (SSSR count). The molecule has 56 valence electrons. The average Bonchev–Trinajstić information content (AvgIpc) is 2.13. The highest BCUT2D eigenvalue weighted by Crippen LogP contribution is 2.20. The fourth-order valence-corrected chi connectivity index (χ4v) is 1.50. The van der Waals surface area contributed by atoms with Crippen LogP contribution >= 0.6 is 0 Å². The number of nitriles is 1. The molecule has 0 amide bonds. The minimum Gasteiger partial charge on any atom is -0.327 e. The van der Waals surface area contributed by atoms with Gasteiger partial charge in [0.25, 0.3) is 0 Å². The fourth-order valence-electron chi connectivity index (χ4n) is 1.50. The van der Waals surface area contributed by atoms with Gasteiger partial charge in [-0.2, -0.15) is 5.26 Å². The lowest BCUT2D eigenvalue weighted by atomic mass is 9.98. The van der Waals surface area contributed by atoms with Crippen LogP contribution in [0.2, 0.25) is 0 Å². The van der Waals surface area contributed by atoms with Gasteiger partial charge in [-0.05, 0) is 12.8 Å². The molecule has 0 aromatic rings. The SMILES string of the molecule is N#C[C@@H]1CCCCC[C@@H]1N. The Kier molecular flexibility index (Phi) is 2.70. The van der Waals surface area contributed by atoms with Crippen LogP contribution in [0.25, 0.3) is 0 Å². The first-order chi connectivity index (χ1) is 4.84. The third-order valence-corrected chi connectivity index (χ3v) is 2.24. The van der Waals surface area contributed by atoms with Gasteiger partial charge in [-0.15, -0.1) is 0 Å². The molecule has 0 unspecified atom stereocenters. The van der Waals surface area contributed by atoms with E-state index in [1.54, 1.807) is 0 Å². The van der Waals surface area contributed by atoms with Crippen LogP contribution in [-0.4, -0.2) is 6.04 Å². The quantitative estimate of drug-likeness (QED) is 0.514. The molecule has 2 N–H and O–H groups in total. The Labute approximate surface area is 62.0 Å². The maximum Gasteiger partial charge on any atom is 0.0672 e. The monoisotopic (exact) mass is 138 g/mol. The molecule has 0 aliphatic heterocycles. The predicted octanol–water partition coefficient (Wildman–Crippen LogP) is 1.42. The van der Waals surface area contributed by atoms with Gasteiger partial charge in [0.1, 0.15) is 0 Å². The summed E-state index contributed by atoms with van der Waals surface area (Å²) < 4.78 is 0. The summed E-state index contributed by atoms with van der Waals surface area (Å²) in [5, 5.41) is 8.66. The molecule has 0 heterocycles. The molecule has 0 radical (unpaired) electrons. The molecule has 2 atom stereocenters. The largest absolute Gasteiger partial charge is 0.327 e. The number of hydrogen-bond donors (Lipinski definition) is 1. The minimum atomic E-state index is 0.127. The third kappa shape index (κ3) is 1.71. The first kappa shape index (κ1) is 7.56. The van der Waals surface area contributed by atoms with E-state index in [1.165, 1.54) is 19.3 Å². The molecule has 0 spiro atoms. The van der Waals surface area contributed by atoms with Crippen molar-refractivity contribution < 1.29 is 0 Å². The van der Waals surface area contributed by atoms with Gasteiger partial charge in [0.15, 0.2) is 0 Å². The van der Waals surface area contributed by atoms with Gasteiger partial charge in [0.05, 0.1) is 12.0 Å². The van der Waals surface area contributed by atoms with Crippen molar-refractivity contribution in [2.45, 2.75) is 38.1 Å². The van der Waals surface area contributed by atoms with Crippen LogP contribution in [0.15, 0.2) is 0 Å². The Morgan fingerprint density at radius 1 is 1.20 bits per heavy atom. The molecule has 2 heteroatoms. The van der Waals surface area contributed by atoms with Gasteiger partial charge in [-0.25, -0.2) is 0 Å². The lowest BCUT2D eigenvalue weighted by Crippen LogP contribution is -2.27. The molecule has 0 aromatic carbocycles. The van der Waals surface area contributed by atoms with Gasteiger partial charge in [-0.3, -0.25) is 0 Å². The van der Waals surface area contributed by atoms with E-state index in [4.69, 9.17) is 11.0 Å². The lowest BCUT2D eigenvalue weighted by Gasteiger charge is -2.11. The van der Waals surface area contributed by atoms with E-state index in [0.29, 0.717) is 0 Å². The summed E-state index contributed by atoms with van der Waals surface area (Å²) >= 11 is 0. The minimum absolute atomic E-state index is 0.127. The summed E-state index contributed by atoms with van der Waals surface area (Å²) in [6, 6.07) is 2.41. The van der Waals surface area contributed by atoms with E-state index < -0.39 is 0 Å². The molecule has 0 bridgehead atoms. The zero-order valence-corrected chi connectivity index (χ0v) is 6.21. The van der Waals surface area contributed by atoms with E-state index in [0.717, 1.165) is 12.8 Å². The Balaban J connectivity index is 2.45. The Morgan fingerprint density at radius 2 is 1.90 bits per heavy atom. The average molecular weight is 138 g/mol. The molecule has 0 saturated heterocycles. The van der Waals surface area contributed by atoms with Crippen LogP contribution in [0.4, 0.5) is 0 Å². The van der Waals surface area contributed by atoms with Crippen LogP contribution < -0.4 is 5.73 Å². The lowest BCUT2D eigenvalue weighted by molar-refractivity contribution is 0.485. The van der Waals surface area contributed by atoms with Crippen LogP contribution in [0, 0.1) is 17.2 Å². The van der Waals surface area contributed by atoms with Gasteiger partial charge in [-0.1, -0.05) is 19.3 Å². The van der Waals surface area contributed by atoms with Crippen molar-refractivity contribution in [1.82, 2.24) is 0 Å². The van der Waals surface area contributed by atoms with Crippen LogP contribution in [0.1, 0.15) is 32.1 Å². The molecule has 1 fully saturated rings. The van der Waals surface area contributed by atoms with Crippen molar-refractivity contribution in [1.29, 1.82) is 5.26 Å². The van der Waals surface area contributed by atoms with Crippen molar-refractivity contribution in [3.8, 4) is 6.07 Å². The number of nitrogens with zero attached hydrogens (tertiary/aromatic N) is 1. The van der Waals surface area contributed by atoms with E-state index >= 15 is 0 Å². The Bertz CT molecular complexity index is 137. The van der Waals surface area contributed by atoms with Crippen LogP contribution in [0.5, 0.6) is 0 Å². The second-order valence-corrected chi connectivity index (χ2v) is 3.04. The van der Waals surface area contributed by atoms with Crippen LogP contribution in [0.3, 0.4) is 0 Å². The zero-order valence-electron chi connectivity index (χ0n) is 6.21. The van der Waals surface area contributed by atoms with E-state index in [-0.39, 0.29) is 12.0 Å². The standard InChI is InChI=1S/C8H14N2/c9-6-7-4-2-1-3-5-8(7)10/h7-8H,1-5,10H2/t7-,8-/m0/s1. The molecule has 10 heavy (non-hydrogen) atoms. The molecule has 1 aliphatic rings. The van der Waals surface area contributed by atoms with Gasteiger partial charge in [0.2, 0.25) is 0 Å². The number of nitrogens with two attached hydrogens (primary N) is 1. The van der Waals surface area contributed by atoms with Gasteiger partial charge >= 0.3 is 0 Å². The van der Waals surface area contributed by atoms with Crippen molar-refractivity contribution in [2.24, 2.45) is 11.7 Å². The van der Waals surface area contributed by atoms with Crippen molar-refractivity contribution in [3.63, 3.8) is 0 Å². The molecule has 1 saturated carbocycles. The highest BCUT2D eigenvalue weighted by molar-refractivity contribution is 4.91. The van der Waals surface area contributed by atoms with Gasteiger partial charge < -0.3 is 5.73 Å². The second kappa shape index (κ2) is 3.58. The van der Waals surface area contributed by atoms with E-state index in [2.05, 4.69) is 6.07 Å². The second-order valence-electron chi connectivity index (χ2n) is 3.04. The van der Waals surface area contributed by atoms with Gasteiger partial charge in [0, 0.05) is 6.04 Å². The maximum absolute atomic E-state index is 8.66. The topological polar surface area (TPSA) is 49.8 Å². The summed E-state index contributed by atoms with van der Waals surface area (Å²) in [4.78, 5) is 0. The smallest absolute Gasteiger partial charge is 0.0672 e. The van der Waals surface area contributed by atoms with E-state index in [1.807, 2.05) is 0 Å². The number of rotatable bonds is 0. The Hall–Kier alpha value is -0.550. The van der Waals surface area contributed by atoms with Crippen LogP contribution in [-0.2, 0) is 0 Å². The molecule has 2 nitrogen and oxygen atoms in total. The summed E-state index contributed by atoms with van der Waals surface area (Å²) in [6.07, 6.45) is 5.70. The summed E-state index contributed by atoms with van der Waals surface area (Å²) in [6.45, 7) is 0. The third-order valence-electron chi connectivity index (χ3n) is 2.24. The predicted molar refractivity (Wildman–Crippen MR) is 40.2 cm³/mol. The molecular weight excluding hydrogens is 124 g/mol. The Morgan fingerprint density at radius 3 is 2.60 bits per heavy atom. The first-order valence-corrected chi connectivity index (χ1v) is 4.00. The maximum atomic E-state index is 8.66. The highest BCUT2D eigenvalue weighted by Gasteiger charge is 2.18.